The van der Waals surface area contributed by atoms with E-state index in [9.17, 15) is 0 Å². The zero-order valence-corrected chi connectivity index (χ0v) is 11.4. The average Bonchev–Trinajstić information content (AvgIpc) is 2.41. The molecule has 0 saturated heterocycles. The highest BCUT2D eigenvalue weighted by atomic mass is 35.5. The Labute approximate surface area is 108 Å². The van der Waals surface area contributed by atoms with Crippen molar-refractivity contribution in [3.05, 3.63) is 46.2 Å². The first-order valence-corrected chi connectivity index (χ1v) is 6.49. The molecule has 0 fully saturated rings. The Balaban J connectivity index is 2.50. The molecule has 0 N–H and O–H groups in total. The monoisotopic (exact) mass is 247 g/mol. The summed E-state index contributed by atoms with van der Waals surface area (Å²) in [4.78, 5) is 4.45. The molecule has 0 bridgehead atoms. The molecule has 2 heteroatoms. The van der Waals surface area contributed by atoms with Gasteiger partial charge in [-0.25, -0.2) is 0 Å². The van der Waals surface area contributed by atoms with E-state index >= 15 is 0 Å². The van der Waals surface area contributed by atoms with Gasteiger partial charge in [0.2, 0.25) is 0 Å². The summed E-state index contributed by atoms with van der Waals surface area (Å²) in [6.45, 7) is 6.20. The van der Waals surface area contributed by atoms with Crippen LogP contribution in [0.25, 0.3) is 0 Å². The Bertz CT molecular complexity index is 486. The van der Waals surface area contributed by atoms with Crippen molar-refractivity contribution in [2.45, 2.75) is 39.0 Å². The van der Waals surface area contributed by atoms with Crippen LogP contribution in [0.2, 0.25) is 0 Å². The van der Waals surface area contributed by atoms with Crippen molar-refractivity contribution in [1.29, 1.82) is 0 Å². The summed E-state index contributed by atoms with van der Waals surface area (Å²) in [5.41, 5.74) is 6.21. The summed E-state index contributed by atoms with van der Waals surface area (Å²) in [5.74, 6) is 0. The molecule has 0 saturated carbocycles. The molecule has 90 valence electrons. The maximum Gasteiger partial charge on any atom is 0.101 e. The molecule has 17 heavy (non-hydrogen) atoms. The highest BCUT2D eigenvalue weighted by molar-refractivity contribution is 6.22. The summed E-state index contributed by atoms with van der Waals surface area (Å²) in [6.07, 6.45) is 3.94. The van der Waals surface area contributed by atoms with E-state index in [1.807, 2.05) is 13.1 Å². The van der Waals surface area contributed by atoms with Gasteiger partial charge in [-0.05, 0) is 50.3 Å². The quantitative estimate of drug-likeness (QED) is 0.509. The molecule has 0 radical (unpaired) electrons. The highest BCUT2D eigenvalue weighted by Gasteiger charge is 2.22. The number of halogens is 1. The smallest absolute Gasteiger partial charge is 0.101 e. The summed E-state index contributed by atoms with van der Waals surface area (Å²) in [7, 11) is 0. The van der Waals surface area contributed by atoms with E-state index < -0.39 is 0 Å². The minimum atomic E-state index is -0.107. The fraction of sp³-hybridized carbons (Fsp3) is 0.400. The third-order valence-corrected chi connectivity index (χ3v) is 3.73. The van der Waals surface area contributed by atoms with Crippen molar-refractivity contribution in [3.8, 4) is 0 Å². The van der Waals surface area contributed by atoms with Crippen LogP contribution in [0.5, 0.6) is 0 Å². The highest BCUT2D eigenvalue weighted by Crippen LogP contribution is 2.38. The van der Waals surface area contributed by atoms with Crippen molar-refractivity contribution in [1.82, 2.24) is 0 Å². The second-order valence-corrected chi connectivity index (χ2v) is 5.05. The van der Waals surface area contributed by atoms with Crippen LogP contribution in [-0.4, -0.2) is 6.21 Å². The molecule has 1 aromatic rings. The van der Waals surface area contributed by atoms with E-state index in [1.165, 1.54) is 22.3 Å². The van der Waals surface area contributed by atoms with Gasteiger partial charge in [0.15, 0.2) is 0 Å². The van der Waals surface area contributed by atoms with E-state index in [0.717, 1.165) is 18.5 Å². The molecule has 0 spiro atoms. The molecule has 0 aliphatic heterocycles. The molecule has 2 rings (SSSR count). The van der Waals surface area contributed by atoms with Crippen LogP contribution in [0, 0.1) is 6.92 Å². The minimum Gasteiger partial charge on any atom is -0.264 e. The predicted molar refractivity (Wildman–Crippen MR) is 75.0 cm³/mol. The van der Waals surface area contributed by atoms with Crippen molar-refractivity contribution in [3.63, 3.8) is 0 Å². The lowest BCUT2D eigenvalue weighted by atomic mass is 10.00. The summed E-state index contributed by atoms with van der Waals surface area (Å²) in [5, 5.41) is -0.107. The van der Waals surface area contributed by atoms with Crippen molar-refractivity contribution in [2.75, 3.05) is 0 Å². The van der Waals surface area contributed by atoms with Crippen molar-refractivity contribution in [2.24, 2.45) is 4.99 Å². The van der Waals surface area contributed by atoms with Gasteiger partial charge >= 0.3 is 0 Å². The largest absolute Gasteiger partial charge is 0.264 e. The van der Waals surface area contributed by atoms with Gasteiger partial charge in [-0.3, -0.25) is 4.99 Å². The summed E-state index contributed by atoms with van der Waals surface area (Å²) >= 11 is 6.57. The van der Waals surface area contributed by atoms with Gasteiger partial charge in [0, 0.05) is 6.21 Å². The first-order valence-electron chi connectivity index (χ1n) is 6.05. The van der Waals surface area contributed by atoms with Crippen LogP contribution in [0.15, 0.2) is 34.5 Å². The minimum absolute atomic E-state index is 0.107. The van der Waals surface area contributed by atoms with E-state index in [4.69, 9.17) is 11.6 Å². The van der Waals surface area contributed by atoms with Gasteiger partial charge < -0.3 is 0 Å². The standard InChI is InChI=1S/C15H18ClN/c1-4-17-15-11(3)6-7-12-9-10(2)5-8-13(12)14(15)16/h4-5,8-9,14H,6-7H2,1-3H3. The number of rotatable bonds is 1. The average molecular weight is 248 g/mol. The molecule has 1 nitrogen and oxygen atoms in total. The van der Waals surface area contributed by atoms with Gasteiger partial charge in [-0.1, -0.05) is 23.8 Å². The molecule has 1 atom stereocenters. The number of aliphatic imine (C=N–C) groups is 1. The second kappa shape index (κ2) is 5.05. The fourth-order valence-corrected chi connectivity index (χ4v) is 2.78. The Morgan fingerprint density at radius 3 is 2.76 bits per heavy atom. The third-order valence-electron chi connectivity index (χ3n) is 3.29. The molecular formula is C15H18ClN. The number of fused-ring (bicyclic) bond motifs is 1. The van der Waals surface area contributed by atoms with Gasteiger partial charge in [-0.2, -0.15) is 0 Å². The van der Waals surface area contributed by atoms with Crippen LogP contribution >= 0.6 is 11.6 Å². The molecule has 1 aliphatic rings. The first-order chi connectivity index (χ1) is 8.13. The lowest BCUT2D eigenvalue weighted by molar-refractivity contribution is 0.934. The van der Waals surface area contributed by atoms with Gasteiger partial charge in [-0.15, -0.1) is 11.6 Å². The molecule has 0 heterocycles. The zero-order valence-electron chi connectivity index (χ0n) is 10.6. The molecule has 0 amide bonds. The molecule has 0 aromatic heterocycles. The fourth-order valence-electron chi connectivity index (χ4n) is 2.33. The van der Waals surface area contributed by atoms with Crippen molar-refractivity contribution < 1.29 is 0 Å². The first kappa shape index (κ1) is 12.4. The predicted octanol–water partition coefficient (Wildman–Crippen LogP) is 4.59. The van der Waals surface area contributed by atoms with Crippen LogP contribution in [0.4, 0.5) is 0 Å². The number of aryl methyl sites for hydroxylation is 2. The summed E-state index contributed by atoms with van der Waals surface area (Å²) in [6, 6.07) is 6.52. The van der Waals surface area contributed by atoms with Crippen LogP contribution in [0.1, 0.15) is 42.3 Å². The normalized spacial score (nSPS) is 20.6. The maximum absolute atomic E-state index is 6.57. The van der Waals surface area contributed by atoms with Gasteiger partial charge in [0.05, 0.1) is 5.70 Å². The Hall–Kier alpha value is -1.08. The number of benzene rings is 1. The Morgan fingerprint density at radius 2 is 2.06 bits per heavy atom. The Morgan fingerprint density at radius 1 is 1.29 bits per heavy atom. The number of nitrogens with zero attached hydrogens (tertiary/aromatic N) is 1. The van der Waals surface area contributed by atoms with E-state index in [1.54, 1.807) is 0 Å². The maximum atomic E-state index is 6.57. The number of alkyl halides is 1. The molecule has 1 aliphatic carbocycles. The lowest BCUT2D eigenvalue weighted by Crippen LogP contribution is -1.97. The van der Waals surface area contributed by atoms with Gasteiger partial charge in [0.25, 0.3) is 0 Å². The molecule has 1 aromatic carbocycles. The third kappa shape index (κ3) is 2.44. The van der Waals surface area contributed by atoms with E-state index in [-0.39, 0.29) is 5.38 Å². The van der Waals surface area contributed by atoms with Crippen LogP contribution in [-0.2, 0) is 6.42 Å². The molecular weight excluding hydrogens is 230 g/mol. The number of hydrogen-bond donors (Lipinski definition) is 0. The van der Waals surface area contributed by atoms with Crippen molar-refractivity contribution >= 4 is 17.8 Å². The number of hydrogen-bond acceptors (Lipinski definition) is 1. The topological polar surface area (TPSA) is 12.4 Å². The van der Waals surface area contributed by atoms with Gasteiger partial charge in [0.1, 0.15) is 5.38 Å². The van der Waals surface area contributed by atoms with Crippen LogP contribution < -0.4 is 0 Å². The SMILES string of the molecule is CC=NC1=C(C)CCc2cc(C)ccc2C1Cl. The van der Waals surface area contributed by atoms with E-state index in [2.05, 4.69) is 37.0 Å². The molecule has 1 unspecified atom stereocenters. The Kier molecular flexibility index (Phi) is 3.68. The zero-order chi connectivity index (χ0) is 12.4. The number of allylic oxidation sites excluding steroid dienone is 2. The summed E-state index contributed by atoms with van der Waals surface area (Å²) < 4.78 is 0. The lowest BCUT2D eigenvalue weighted by Gasteiger charge is -2.13. The van der Waals surface area contributed by atoms with E-state index in [0.29, 0.717) is 0 Å². The van der Waals surface area contributed by atoms with Crippen LogP contribution in [0.3, 0.4) is 0 Å². The second-order valence-electron chi connectivity index (χ2n) is 4.62.